The van der Waals surface area contributed by atoms with E-state index in [1.54, 1.807) is 0 Å². The van der Waals surface area contributed by atoms with Crippen LogP contribution in [0.3, 0.4) is 0 Å². The van der Waals surface area contributed by atoms with Gasteiger partial charge in [-0.15, -0.1) is 0 Å². The Hall–Kier alpha value is -2.11. The minimum absolute atomic E-state index is 0.0692. The minimum atomic E-state index is -0.773. The number of unbranched alkanes of at least 4 members (excludes halogenated alkanes) is 46. The van der Waals surface area contributed by atoms with E-state index in [2.05, 4.69) is 45.1 Å². The number of allylic oxidation sites excluding steroid dienone is 4. The van der Waals surface area contributed by atoms with Crippen LogP contribution in [0.25, 0.3) is 0 Å². The van der Waals surface area contributed by atoms with E-state index >= 15 is 0 Å². The smallest absolute Gasteiger partial charge is 0.306 e. The molecule has 0 aromatic rings. The molecule has 430 valence electrons. The van der Waals surface area contributed by atoms with Crippen molar-refractivity contribution in [3.8, 4) is 0 Å². The Kier molecular flexibility index (Phi) is 60.6. The van der Waals surface area contributed by atoms with Crippen molar-refractivity contribution in [1.29, 1.82) is 0 Å². The number of esters is 3. The van der Waals surface area contributed by atoms with Crippen LogP contribution in [-0.2, 0) is 28.6 Å². The molecule has 0 aromatic carbocycles. The highest BCUT2D eigenvalue weighted by Crippen LogP contribution is 2.18. The highest BCUT2D eigenvalue weighted by Gasteiger charge is 2.19. The van der Waals surface area contributed by atoms with Crippen molar-refractivity contribution in [2.75, 3.05) is 13.2 Å². The fourth-order valence-electron chi connectivity index (χ4n) is 9.97. The summed E-state index contributed by atoms with van der Waals surface area (Å²) in [6.07, 6.45) is 74.7. The van der Waals surface area contributed by atoms with Gasteiger partial charge < -0.3 is 14.2 Å². The van der Waals surface area contributed by atoms with Gasteiger partial charge in [-0.25, -0.2) is 0 Å². The van der Waals surface area contributed by atoms with Crippen molar-refractivity contribution in [2.24, 2.45) is 0 Å². The third-order valence-electron chi connectivity index (χ3n) is 14.9. The van der Waals surface area contributed by atoms with Crippen LogP contribution >= 0.6 is 0 Å². The fourth-order valence-corrected chi connectivity index (χ4v) is 9.97. The van der Waals surface area contributed by atoms with Crippen LogP contribution in [-0.4, -0.2) is 37.2 Å². The van der Waals surface area contributed by atoms with Gasteiger partial charge >= 0.3 is 17.9 Å². The summed E-state index contributed by atoms with van der Waals surface area (Å²) in [6.45, 7) is 6.70. The van der Waals surface area contributed by atoms with Crippen molar-refractivity contribution in [3.05, 3.63) is 24.3 Å². The average Bonchev–Trinajstić information content (AvgIpc) is 3.39. The Morgan fingerprint density at radius 1 is 0.260 bits per heavy atom. The van der Waals surface area contributed by atoms with Crippen molar-refractivity contribution in [3.63, 3.8) is 0 Å². The van der Waals surface area contributed by atoms with Gasteiger partial charge in [-0.2, -0.15) is 0 Å². The van der Waals surface area contributed by atoms with Gasteiger partial charge in [0.2, 0.25) is 0 Å². The van der Waals surface area contributed by atoms with Crippen LogP contribution in [0.2, 0.25) is 0 Å². The lowest BCUT2D eigenvalue weighted by Gasteiger charge is -2.18. The largest absolute Gasteiger partial charge is 0.462 e. The Bertz CT molecular complexity index is 1180. The van der Waals surface area contributed by atoms with E-state index in [1.807, 2.05) is 0 Å². The molecule has 0 fully saturated rings. The summed E-state index contributed by atoms with van der Waals surface area (Å²) >= 11 is 0. The predicted molar refractivity (Wildman–Crippen MR) is 316 cm³/mol. The van der Waals surface area contributed by atoms with E-state index in [1.165, 1.54) is 270 Å². The third-order valence-corrected chi connectivity index (χ3v) is 14.9. The molecule has 0 aliphatic heterocycles. The number of rotatable bonds is 61. The number of ether oxygens (including phenoxy) is 3. The Morgan fingerprint density at radius 3 is 0.685 bits per heavy atom. The molecule has 0 saturated carbocycles. The van der Waals surface area contributed by atoms with Gasteiger partial charge in [-0.05, 0) is 70.6 Å². The number of carbonyl (C=O) groups is 3. The molecule has 0 aliphatic rings. The first kappa shape index (κ1) is 70.9. The molecular weight excluding hydrogens is 901 g/mol. The fraction of sp³-hybridized carbons (Fsp3) is 0.896. The minimum Gasteiger partial charge on any atom is -0.462 e. The molecule has 6 heteroatoms. The SMILES string of the molecule is CCCCCCCCCC/C=C\CCCCCCCCCC(=O)OC[C@@H](COC(=O)CCCCCCCCCCCCCCCCCCC)OC(=O)CCCCCCCCC/C=C\CCCCCCCCCC. The molecule has 6 nitrogen and oxygen atoms in total. The van der Waals surface area contributed by atoms with E-state index in [9.17, 15) is 14.4 Å². The molecule has 0 bridgehead atoms. The highest BCUT2D eigenvalue weighted by atomic mass is 16.6. The van der Waals surface area contributed by atoms with Crippen LogP contribution in [0.1, 0.15) is 367 Å². The van der Waals surface area contributed by atoms with E-state index in [0.717, 1.165) is 57.8 Å². The van der Waals surface area contributed by atoms with Gasteiger partial charge in [0.1, 0.15) is 13.2 Å². The van der Waals surface area contributed by atoms with E-state index < -0.39 is 6.10 Å². The second-order valence-electron chi connectivity index (χ2n) is 22.4. The summed E-state index contributed by atoms with van der Waals surface area (Å²) in [4.78, 5) is 38.3. The summed E-state index contributed by atoms with van der Waals surface area (Å²) in [5, 5.41) is 0. The molecule has 0 rings (SSSR count). The highest BCUT2D eigenvalue weighted by molar-refractivity contribution is 5.71. The zero-order chi connectivity index (χ0) is 52.9. The monoisotopic (exact) mass is 1030 g/mol. The molecule has 73 heavy (non-hydrogen) atoms. The molecule has 0 radical (unpaired) electrons. The summed E-state index contributed by atoms with van der Waals surface area (Å²) in [5.41, 5.74) is 0. The maximum atomic E-state index is 12.9. The second-order valence-corrected chi connectivity index (χ2v) is 22.4. The van der Waals surface area contributed by atoms with Crippen molar-refractivity contribution >= 4 is 17.9 Å². The molecule has 0 heterocycles. The summed E-state index contributed by atoms with van der Waals surface area (Å²) in [6, 6.07) is 0. The van der Waals surface area contributed by atoms with Crippen LogP contribution in [0, 0.1) is 0 Å². The number of hydrogen-bond donors (Lipinski definition) is 0. The first-order valence-electron chi connectivity index (χ1n) is 32.8. The molecule has 0 spiro atoms. The lowest BCUT2D eigenvalue weighted by Crippen LogP contribution is -2.30. The van der Waals surface area contributed by atoms with Gasteiger partial charge in [0.15, 0.2) is 6.10 Å². The molecule has 0 unspecified atom stereocenters. The molecule has 1 atom stereocenters. The van der Waals surface area contributed by atoms with Crippen molar-refractivity contribution in [2.45, 2.75) is 374 Å². The molecule has 0 aromatic heterocycles. The lowest BCUT2D eigenvalue weighted by molar-refractivity contribution is -0.167. The number of carbonyl (C=O) groups excluding carboxylic acids is 3. The Morgan fingerprint density at radius 2 is 0.452 bits per heavy atom. The van der Waals surface area contributed by atoms with E-state index in [0.29, 0.717) is 19.3 Å². The van der Waals surface area contributed by atoms with Gasteiger partial charge in [-0.1, -0.05) is 302 Å². The summed E-state index contributed by atoms with van der Waals surface area (Å²) in [7, 11) is 0. The van der Waals surface area contributed by atoms with Crippen molar-refractivity contribution in [1.82, 2.24) is 0 Å². The van der Waals surface area contributed by atoms with Crippen LogP contribution in [0.5, 0.6) is 0 Å². The summed E-state index contributed by atoms with van der Waals surface area (Å²) < 4.78 is 17.0. The standard InChI is InChI=1S/C67H126O6/c1-4-7-10-13-16-19-22-25-28-31-33-36-39-42-45-48-51-54-57-60-66(69)72-63-64(62-71-65(68)59-56-53-50-47-44-41-38-35-30-27-24-21-18-15-12-9-6-3)73-67(70)61-58-55-52-49-46-43-40-37-34-32-29-26-23-20-17-14-11-8-5-2/h31-34,64H,4-30,35-63H2,1-3H3/b33-31-,34-32-/t64-/m1/s1. The lowest BCUT2D eigenvalue weighted by atomic mass is 10.0. The first-order valence-corrected chi connectivity index (χ1v) is 32.8. The van der Waals surface area contributed by atoms with Crippen molar-refractivity contribution < 1.29 is 28.6 Å². The number of hydrogen-bond acceptors (Lipinski definition) is 6. The summed E-state index contributed by atoms with van der Waals surface area (Å²) in [5.74, 6) is -0.850. The maximum absolute atomic E-state index is 12.9. The Balaban J connectivity index is 4.33. The molecular formula is C67H126O6. The normalized spacial score (nSPS) is 12.1. The molecule has 0 aliphatic carbocycles. The maximum Gasteiger partial charge on any atom is 0.306 e. The zero-order valence-electron chi connectivity index (χ0n) is 49.4. The molecule has 0 amide bonds. The first-order chi connectivity index (χ1) is 36.0. The van der Waals surface area contributed by atoms with Crippen LogP contribution < -0.4 is 0 Å². The van der Waals surface area contributed by atoms with E-state index in [-0.39, 0.29) is 31.1 Å². The van der Waals surface area contributed by atoms with E-state index in [4.69, 9.17) is 14.2 Å². The molecule has 0 N–H and O–H groups in total. The van der Waals surface area contributed by atoms with Gasteiger partial charge in [-0.3, -0.25) is 14.4 Å². The second kappa shape index (κ2) is 62.4. The van der Waals surface area contributed by atoms with Gasteiger partial charge in [0.25, 0.3) is 0 Å². The quantitative estimate of drug-likeness (QED) is 0.0261. The van der Waals surface area contributed by atoms with Gasteiger partial charge in [0, 0.05) is 19.3 Å². The van der Waals surface area contributed by atoms with Crippen LogP contribution in [0.4, 0.5) is 0 Å². The molecule has 0 saturated heterocycles. The Labute approximate surface area is 455 Å². The van der Waals surface area contributed by atoms with Crippen LogP contribution in [0.15, 0.2) is 24.3 Å². The predicted octanol–water partition coefficient (Wildman–Crippen LogP) is 22.2. The topological polar surface area (TPSA) is 78.9 Å². The average molecular weight is 1030 g/mol. The van der Waals surface area contributed by atoms with Gasteiger partial charge in [0.05, 0.1) is 0 Å². The third kappa shape index (κ3) is 60.6. The zero-order valence-corrected chi connectivity index (χ0v) is 49.4.